The third-order valence-corrected chi connectivity index (χ3v) is 4.94. The van der Waals surface area contributed by atoms with Gasteiger partial charge in [-0.15, -0.1) is 0 Å². The van der Waals surface area contributed by atoms with Crippen molar-refractivity contribution in [1.29, 1.82) is 0 Å². The summed E-state index contributed by atoms with van der Waals surface area (Å²) in [7, 11) is 0. The van der Waals surface area contributed by atoms with E-state index in [-0.39, 0.29) is 0 Å². The molecule has 0 saturated carbocycles. The number of likely N-dealkylation sites (tertiary alicyclic amines) is 1. The second kappa shape index (κ2) is 7.92. The van der Waals surface area contributed by atoms with Crippen LogP contribution in [0.5, 0.6) is 0 Å². The standard InChI is InChI=1S/C18H29N3/c1-2-7-16(8-3-1)18(21-13-4-5-14-21)15-20-17-9-6-11-19-12-10-17/h1-3,7-8,17-20H,4-6,9-15H2. The van der Waals surface area contributed by atoms with Crippen LogP contribution in [0.3, 0.4) is 0 Å². The molecule has 2 aliphatic heterocycles. The first-order valence-electron chi connectivity index (χ1n) is 8.66. The number of rotatable bonds is 5. The fraction of sp³-hybridized carbons (Fsp3) is 0.667. The van der Waals surface area contributed by atoms with Gasteiger partial charge in [0.15, 0.2) is 0 Å². The number of hydrogen-bond acceptors (Lipinski definition) is 3. The van der Waals surface area contributed by atoms with Crippen molar-refractivity contribution < 1.29 is 0 Å². The topological polar surface area (TPSA) is 27.3 Å². The summed E-state index contributed by atoms with van der Waals surface area (Å²) >= 11 is 0. The molecule has 2 fully saturated rings. The molecule has 0 amide bonds. The molecule has 3 rings (SSSR count). The molecule has 2 heterocycles. The van der Waals surface area contributed by atoms with Crippen LogP contribution in [0.1, 0.15) is 43.7 Å². The van der Waals surface area contributed by atoms with Crippen LogP contribution < -0.4 is 10.6 Å². The van der Waals surface area contributed by atoms with Gasteiger partial charge in [-0.1, -0.05) is 30.3 Å². The van der Waals surface area contributed by atoms with E-state index in [1.54, 1.807) is 0 Å². The molecule has 21 heavy (non-hydrogen) atoms. The minimum Gasteiger partial charge on any atom is -0.317 e. The number of benzene rings is 1. The van der Waals surface area contributed by atoms with E-state index in [1.165, 1.54) is 57.3 Å². The molecule has 0 bridgehead atoms. The Morgan fingerprint density at radius 1 is 1.05 bits per heavy atom. The van der Waals surface area contributed by atoms with Gasteiger partial charge in [0.1, 0.15) is 0 Å². The third kappa shape index (κ3) is 4.29. The van der Waals surface area contributed by atoms with Crippen LogP contribution in [-0.2, 0) is 0 Å². The van der Waals surface area contributed by atoms with Gasteiger partial charge in [0, 0.05) is 18.6 Å². The molecule has 0 spiro atoms. The first-order valence-corrected chi connectivity index (χ1v) is 8.66. The Hall–Kier alpha value is -0.900. The maximum absolute atomic E-state index is 3.86. The molecule has 3 heteroatoms. The van der Waals surface area contributed by atoms with Crippen LogP contribution in [0.25, 0.3) is 0 Å². The molecule has 0 aromatic heterocycles. The van der Waals surface area contributed by atoms with Crippen molar-refractivity contribution >= 4 is 0 Å². The van der Waals surface area contributed by atoms with E-state index in [9.17, 15) is 0 Å². The van der Waals surface area contributed by atoms with Gasteiger partial charge in [0.05, 0.1) is 0 Å². The summed E-state index contributed by atoms with van der Waals surface area (Å²) in [5, 5.41) is 7.36. The van der Waals surface area contributed by atoms with Crippen LogP contribution >= 0.6 is 0 Å². The normalized spacial score (nSPS) is 25.6. The summed E-state index contributed by atoms with van der Waals surface area (Å²) in [6.45, 7) is 5.96. The summed E-state index contributed by atoms with van der Waals surface area (Å²) in [6, 6.07) is 12.3. The second-order valence-electron chi connectivity index (χ2n) is 6.46. The number of hydrogen-bond donors (Lipinski definition) is 2. The van der Waals surface area contributed by atoms with E-state index in [2.05, 4.69) is 45.9 Å². The van der Waals surface area contributed by atoms with Gasteiger partial charge in [-0.2, -0.15) is 0 Å². The van der Waals surface area contributed by atoms with Crippen molar-refractivity contribution in [1.82, 2.24) is 15.5 Å². The fourth-order valence-corrected chi connectivity index (χ4v) is 3.69. The molecule has 2 N–H and O–H groups in total. The van der Waals surface area contributed by atoms with Gasteiger partial charge in [0.25, 0.3) is 0 Å². The van der Waals surface area contributed by atoms with Crippen LogP contribution in [0.2, 0.25) is 0 Å². The van der Waals surface area contributed by atoms with E-state index in [0.717, 1.165) is 13.1 Å². The summed E-state index contributed by atoms with van der Waals surface area (Å²) in [6.07, 6.45) is 6.60. The molecule has 0 aliphatic carbocycles. The molecule has 3 nitrogen and oxygen atoms in total. The lowest BCUT2D eigenvalue weighted by molar-refractivity contribution is 0.230. The SMILES string of the molecule is c1ccc(C(CNC2CCCNCC2)N2CCCC2)cc1. The fourth-order valence-electron chi connectivity index (χ4n) is 3.69. The molecule has 116 valence electrons. The number of nitrogens with one attached hydrogen (secondary N) is 2. The molecule has 1 aromatic rings. The van der Waals surface area contributed by atoms with E-state index < -0.39 is 0 Å². The molecule has 2 atom stereocenters. The van der Waals surface area contributed by atoms with Crippen LogP contribution in [0.15, 0.2) is 30.3 Å². The molecule has 2 saturated heterocycles. The monoisotopic (exact) mass is 287 g/mol. The van der Waals surface area contributed by atoms with Crippen LogP contribution in [0, 0.1) is 0 Å². The zero-order chi connectivity index (χ0) is 14.3. The van der Waals surface area contributed by atoms with E-state index in [4.69, 9.17) is 0 Å². The first-order chi connectivity index (χ1) is 10.4. The lowest BCUT2D eigenvalue weighted by Crippen LogP contribution is -2.39. The maximum atomic E-state index is 3.86. The minimum absolute atomic E-state index is 0.546. The van der Waals surface area contributed by atoms with Gasteiger partial charge < -0.3 is 10.6 Å². The van der Waals surface area contributed by atoms with Crippen molar-refractivity contribution in [2.24, 2.45) is 0 Å². The van der Waals surface area contributed by atoms with Gasteiger partial charge in [-0.05, 0) is 63.8 Å². The third-order valence-electron chi connectivity index (χ3n) is 4.94. The van der Waals surface area contributed by atoms with Gasteiger partial charge in [-0.25, -0.2) is 0 Å². The highest BCUT2D eigenvalue weighted by Gasteiger charge is 2.24. The highest BCUT2D eigenvalue weighted by atomic mass is 15.2. The largest absolute Gasteiger partial charge is 0.317 e. The molecule has 2 aliphatic rings. The second-order valence-corrected chi connectivity index (χ2v) is 6.46. The Morgan fingerprint density at radius 3 is 2.67 bits per heavy atom. The average molecular weight is 287 g/mol. The lowest BCUT2D eigenvalue weighted by Gasteiger charge is -2.30. The van der Waals surface area contributed by atoms with Crippen LogP contribution in [-0.4, -0.2) is 43.7 Å². The van der Waals surface area contributed by atoms with E-state index in [0.29, 0.717) is 12.1 Å². The Balaban J connectivity index is 1.61. The van der Waals surface area contributed by atoms with Crippen molar-refractivity contribution in [2.75, 3.05) is 32.7 Å². The van der Waals surface area contributed by atoms with Crippen molar-refractivity contribution in [2.45, 2.75) is 44.2 Å². The summed E-state index contributed by atoms with van der Waals surface area (Å²) in [4.78, 5) is 2.66. The predicted molar refractivity (Wildman–Crippen MR) is 88.5 cm³/mol. The average Bonchev–Trinajstić information content (AvgIpc) is 2.92. The van der Waals surface area contributed by atoms with Crippen molar-refractivity contribution in [3.63, 3.8) is 0 Å². The maximum Gasteiger partial charge on any atom is 0.0472 e. The van der Waals surface area contributed by atoms with Gasteiger partial charge in [0.2, 0.25) is 0 Å². The van der Waals surface area contributed by atoms with Gasteiger partial charge in [-0.3, -0.25) is 4.90 Å². The zero-order valence-corrected chi connectivity index (χ0v) is 13.1. The first kappa shape index (κ1) is 15.0. The Morgan fingerprint density at radius 2 is 1.86 bits per heavy atom. The summed E-state index contributed by atoms with van der Waals surface area (Å²) in [5.41, 5.74) is 1.47. The zero-order valence-electron chi connectivity index (χ0n) is 13.1. The highest BCUT2D eigenvalue weighted by Crippen LogP contribution is 2.24. The van der Waals surface area contributed by atoms with Crippen molar-refractivity contribution in [3.8, 4) is 0 Å². The summed E-state index contributed by atoms with van der Waals surface area (Å²) in [5.74, 6) is 0. The minimum atomic E-state index is 0.546. The molecule has 2 unspecified atom stereocenters. The van der Waals surface area contributed by atoms with Gasteiger partial charge >= 0.3 is 0 Å². The van der Waals surface area contributed by atoms with Crippen molar-refractivity contribution in [3.05, 3.63) is 35.9 Å². The lowest BCUT2D eigenvalue weighted by atomic mass is 10.0. The number of nitrogens with zero attached hydrogens (tertiary/aromatic N) is 1. The molecule has 0 radical (unpaired) electrons. The van der Waals surface area contributed by atoms with E-state index in [1.807, 2.05) is 0 Å². The molecular formula is C18H29N3. The Bertz CT molecular complexity index is 392. The molecular weight excluding hydrogens is 258 g/mol. The summed E-state index contributed by atoms with van der Waals surface area (Å²) < 4.78 is 0. The van der Waals surface area contributed by atoms with E-state index >= 15 is 0 Å². The van der Waals surface area contributed by atoms with Crippen LogP contribution in [0.4, 0.5) is 0 Å². The highest BCUT2D eigenvalue weighted by molar-refractivity contribution is 5.19. The Kier molecular flexibility index (Phi) is 5.67. The smallest absolute Gasteiger partial charge is 0.0472 e. The predicted octanol–water partition coefficient (Wildman–Crippen LogP) is 2.56. The molecule has 1 aromatic carbocycles. The quantitative estimate of drug-likeness (QED) is 0.871. The Labute approximate surface area is 129 Å².